The molecule has 0 fully saturated rings. The van der Waals surface area contributed by atoms with Crippen molar-refractivity contribution >= 4 is 23.1 Å². The van der Waals surface area contributed by atoms with Crippen LogP contribution in [0.3, 0.4) is 0 Å². The molecular formula is C17H21N3O5. The Balaban J connectivity index is 2.63. The number of primary amides is 1. The van der Waals surface area contributed by atoms with Crippen molar-refractivity contribution in [2.24, 2.45) is 5.73 Å². The van der Waals surface area contributed by atoms with E-state index in [2.05, 4.69) is 4.98 Å². The first-order valence-electron chi connectivity index (χ1n) is 7.67. The molecule has 0 radical (unpaired) electrons. The van der Waals surface area contributed by atoms with Gasteiger partial charge in [0.15, 0.2) is 5.79 Å². The number of ether oxygens (including phenoxy) is 3. The van der Waals surface area contributed by atoms with Crippen molar-refractivity contribution in [3.63, 3.8) is 0 Å². The molecule has 25 heavy (non-hydrogen) atoms. The molecule has 2 N–H and O–H groups in total. The first kappa shape index (κ1) is 18.6. The van der Waals surface area contributed by atoms with E-state index in [1.54, 1.807) is 29.8 Å². The molecule has 0 atom stereocenters. The second-order valence-corrected chi connectivity index (χ2v) is 5.21. The molecular weight excluding hydrogens is 326 g/mol. The monoisotopic (exact) mass is 347 g/mol. The van der Waals surface area contributed by atoms with Gasteiger partial charge in [-0.25, -0.2) is 9.78 Å². The minimum Gasteiger partial charge on any atom is -0.462 e. The predicted molar refractivity (Wildman–Crippen MR) is 90.4 cm³/mol. The molecule has 0 aliphatic heterocycles. The van der Waals surface area contributed by atoms with Gasteiger partial charge in [-0.1, -0.05) is 6.07 Å². The molecule has 0 aliphatic carbocycles. The van der Waals surface area contributed by atoms with E-state index in [9.17, 15) is 9.59 Å². The van der Waals surface area contributed by atoms with Crippen LogP contribution in [0.15, 0.2) is 36.7 Å². The lowest BCUT2D eigenvalue weighted by Gasteiger charge is -2.27. The van der Waals surface area contributed by atoms with E-state index >= 15 is 0 Å². The molecule has 0 unspecified atom stereocenters. The van der Waals surface area contributed by atoms with Crippen LogP contribution in [-0.4, -0.2) is 47.9 Å². The minimum atomic E-state index is -1.49. The zero-order valence-electron chi connectivity index (χ0n) is 14.4. The van der Waals surface area contributed by atoms with E-state index in [1.165, 1.54) is 20.3 Å². The molecule has 8 heteroatoms. The van der Waals surface area contributed by atoms with Crippen LogP contribution in [0.5, 0.6) is 0 Å². The number of pyridine rings is 1. The summed E-state index contributed by atoms with van der Waals surface area (Å²) < 4.78 is 17.5. The van der Waals surface area contributed by atoms with Crippen molar-refractivity contribution in [1.29, 1.82) is 0 Å². The van der Waals surface area contributed by atoms with Gasteiger partial charge in [0.2, 0.25) is 5.91 Å². The Morgan fingerprint density at radius 3 is 2.64 bits per heavy atom. The molecule has 8 nitrogen and oxygen atoms in total. The van der Waals surface area contributed by atoms with Gasteiger partial charge in [0.25, 0.3) is 0 Å². The van der Waals surface area contributed by atoms with Crippen LogP contribution in [0.2, 0.25) is 0 Å². The molecule has 0 saturated heterocycles. The van der Waals surface area contributed by atoms with E-state index in [0.29, 0.717) is 11.3 Å². The lowest BCUT2D eigenvalue weighted by atomic mass is 10.1. The summed E-state index contributed by atoms with van der Waals surface area (Å²) in [6.07, 6.45) is 4.43. The Kier molecular flexibility index (Phi) is 5.89. The molecule has 2 heterocycles. The normalized spacial score (nSPS) is 12.4. The highest BCUT2D eigenvalue weighted by Crippen LogP contribution is 2.26. The van der Waals surface area contributed by atoms with Crippen molar-refractivity contribution in [1.82, 2.24) is 9.38 Å². The number of aromatic nitrogens is 2. The van der Waals surface area contributed by atoms with E-state index < -0.39 is 17.7 Å². The topological polar surface area (TPSA) is 105 Å². The maximum atomic E-state index is 12.5. The fourth-order valence-electron chi connectivity index (χ4n) is 2.44. The number of carbonyl (C=O) groups is 2. The third kappa shape index (κ3) is 4.04. The summed E-state index contributed by atoms with van der Waals surface area (Å²) in [5.41, 5.74) is 6.58. The number of hydrogen-bond donors (Lipinski definition) is 1. The third-order valence-corrected chi connectivity index (χ3v) is 3.66. The number of esters is 1. The van der Waals surface area contributed by atoms with Gasteiger partial charge in [0.1, 0.15) is 5.65 Å². The molecule has 0 spiro atoms. The molecule has 134 valence electrons. The van der Waals surface area contributed by atoms with Gasteiger partial charge >= 0.3 is 5.97 Å². The molecule has 2 aromatic rings. The number of nitrogens with two attached hydrogens (primary N) is 1. The van der Waals surface area contributed by atoms with Crippen molar-refractivity contribution in [3.8, 4) is 0 Å². The van der Waals surface area contributed by atoms with Crippen LogP contribution in [0.4, 0.5) is 0 Å². The fourth-order valence-corrected chi connectivity index (χ4v) is 2.44. The number of carbonyl (C=O) groups excluding carboxylic acids is 2. The molecule has 0 aromatic carbocycles. The number of rotatable bonds is 8. The van der Waals surface area contributed by atoms with Gasteiger partial charge in [0.05, 0.1) is 30.5 Å². The summed E-state index contributed by atoms with van der Waals surface area (Å²) in [7, 11) is 2.72. The first-order chi connectivity index (χ1) is 12.0. The van der Waals surface area contributed by atoms with Gasteiger partial charge in [0, 0.05) is 20.4 Å². The predicted octanol–water partition coefficient (Wildman–Crippen LogP) is 1.15. The summed E-state index contributed by atoms with van der Waals surface area (Å²) in [6.45, 7) is 1.89. The van der Waals surface area contributed by atoms with Crippen LogP contribution in [-0.2, 0) is 23.8 Å². The number of hydrogen-bond acceptors (Lipinski definition) is 6. The average molecular weight is 347 g/mol. The van der Waals surface area contributed by atoms with Crippen LogP contribution >= 0.6 is 0 Å². The van der Waals surface area contributed by atoms with Gasteiger partial charge < -0.3 is 19.9 Å². The summed E-state index contributed by atoms with van der Waals surface area (Å²) in [6, 6.07) is 5.45. The summed E-state index contributed by atoms with van der Waals surface area (Å²) >= 11 is 0. The fraction of sp³-hybridized carbons (Fsp3) is 0.353. The highest BCUT2D eigenvalue weighted by atomic mass is 16.7. The van der Waals surface area contributed by atoms with E-state index in [1.807, 2.05) is 12.1 Å². The van der Waals surface area contributed by atoms with Crippen molar-refractivity contribution in [3.05, 3.63) is 42.4 Å². The molecule has 0 bridgehead atoms. The number of amides is 1. The van der Waals surface area contributed by atoms with Gasteiger partial charge in [-0.15, -0.1) is 0 Å². The molecule has 0 aliphatic rings. The Morgan fingerprint density at radius 1 is 1.32 bits per heavy atom. The van der Waals surface area contributed by atoms with E-state index in [-0.39, 0.29) is 18.6 Å². The van der Waals surface area contributed by atoms with Crippen LogP contribution in [0.25, 0.3) is 11.2 Å². The zero-order chi connectivity index (χ0) is 18.4. The zero-order valence-corrected chi connectivity index (χ0v) is 14.4. The van der Waals surface area contributed by atoms with Crippen LogP contribution in [0.1, 0.15) is 19.0 Å². The van der Waals surface area contributed by atoms with Crippen LogP contribution < -0.4 is 5.73 Å². The summed E-state index contributed by atoms with van der Waals surface area (Å²) in [4.78, 5) is 28.2. The first-order valence-corrected chi connectivity index (χ1v) is 7.67. The number of imidazole rings is 1. The van der Waals surface area contributed by atoms with Crippen molar-refractivity contribution < 1.29 is 23.8 Å². The number of nitrogens with zero attached hydrogens (tertiary/aromatic N) is 2. The second kappa shape index (κ2) is 7.91. The number of fused-ring (bicyclic) bond motifs is 1. The molecule has 2 aromatic heterocycles. The molecule has 2 rings (SSSR count). The maximum absolute atomic E-state index is 12.5. The van der Waals surface area contributed by atoms with E-state index in [0.717, 1.165) is 0 Å². The molecule has 1 amide bonds. The second-order valence-electron chi connectivity index (χ2n) is 5.21. The number of methoxy groups -OCH3 is 2. The SMILES string of the molecule is CCOC(=O)C(=CC(CC(N)=O)(OC)OC)c1cnc2ccccn12. The quantitative estimate of drug-likeness (QED) is 0.436. The minimum absolute atomic E-state index is 0.158. The highest BCUT2D eigenvalue weighted by Gasteiger charge is 2.33. The maximum Gasteiger partial charge on any atom is 0.340 e. The van der Waals surface area contributed by atoms with Crippen molar-refractivity contribution in [2.75, 3.05) is 20.8 Å². The lowest BCUT2D eigenvalue weighted by molar-refractivity contribution is -0.177. The Bertz CT molecular complexity index is 792. The molecule has 0 saturated carbocycles. The average Bonchev–Trinajstić information content (AvgIpc) is 3.02. The summed E-state index contributed by atoms with van der Waals surface area (Å²) in [5, 5.41) is 0. The third-order valence-electron chi connectivity index (χ3n) is 3.66. The van der Waals surface area contributed by atoms with Gasteiger partial charge in [-0.05, 0) is 25.1 Å². The van der Waals surface area contributed by atoms with Gasteiger partial charge in [-0.3, -0.25) is 9.20 Å². The highest BCUT2D eigenvalue weighted by molar-refractivity contribution is 6.16. The van der Waals surface area contributed by atoms with Crippen LogP contribution in [0, 0.1) is 0 Å². The smallest absolute Gasteiger partial charge is 0.340 e. The lowest BCUT2D eigenvalue weighted by Crippen LogP contribution is -2.37. The Labute approximate surface area is 145 Å². The summed E-state index contributed by atoms with van der Waals surface area (Å²) in [5.74, 6) is -2.72. The standard InChI is InChI=1S/C17H21N3O5/c1-4-25-16(22)12(9-17(23-2,24-3)10-14(18)21)13-11-19-15-7-5-6-8-20(13)15/h5-9,11H,4,10H2,1-3H3,(H2,18,21). The Morgan fingerprint density at radius 2 is 2.04 bits per heavy atom. The van der Waals surface area contributed by atoms with Crippen molar-refractivity contribution in [2.45, 2.75) is 19.1 Å². The van der Waals surface area contributed by atoms with E-state index in [4.69, 9.17) is 19.9 Å². The van der Waals surface area contributed by atoms with Gasteiger partial charge in [-0.2, -0.15) is 0 Å². The largest absolute Gasteiger partial charge is 0.462 e. The Hall–Kier alpha value is -2.71.